The second-order valence-corrected chi connectivity index (χ2v) is 5.92. The Labute approximate surface area is 152 Å². The summed E-state index contributed by atoms with van der Waals surface area (Å²) in [5, 5.41) is 25.4. The number of rotatable bonds is 5. The lowest BCUT2D eigenvalue weighted by Gasteiger charge is -2.03. The molecular formula is C19H13N3O5. The van der Waals surface area contributed by atoms with E-state index in [2.05, 4.69) is 5.10 Å². The highest BCUT2D eigenvalue weighted by Gasteiger charge is 2.20. The van der Waals surface area contributed by atoms with E-state index in [1.165, 1.54) is 24.3 Å². The highest BCUT2D eigenvalue weighted by Crippen LogP contribution is 2.32. The molecule has 0 amide bonds. The van der Waals surface area contributed by atoms with Crippen LogP contribution in [-0.4, -0.2) is 25.8 Å². The third-order valence-electron chi connectivity index (χ3n) is 4.17. The summed E-state index contributed by atoms with van der Waals surface area (Å²) < 4.78 is 7.02. The van der Waals surface area contributed by atoms with E-state index in [0.717, 1.165) is 5.56 Å². The lowest BCUT2D eigenvalue weighted by Crippen LogP contribution is -2.01. The van der Waals surface area contributed by atoms with Crippen LogP contribution < -0.4 is 0 Å². The van der Waals surface area contributed by atoms with Crippen LogP contribution in [0.3, 0.4) is 0 Å². The zero-order valence-electron chi connectivity index (χ0n) is 13.9. The van der Waals surface area contributed by atoms with Crippen LogP contribution in [0.1, 0.15) is 16.1 Å². The Morgan fingerprint density at radius 1 is 1.15 bits per heavy atom. The van der Waals surface area contributed by atoms with Crippen LogP contribution in [0.4, 0.5) is 5.69 Å². The lowest BCUT2D eigenvalue weighted by molar-refractivity contribution is -0.384. The first-order valence-electron chi connectivity index (χ1n) is 8.05. The van der Waals surface area contributed by atoms with Crippen LogP contribution >= 0.6 is 0 Å². The molecule has 8 heteroatoms. The SMILES string of the molecule is O=C(O)c1ccc(-c2nn(Cc3ccccc3)c3cc([N+](=O)[O-])ccc23)o1. The highest BCUT2D eigenvalue weighted by atomic mass is 16.6. The molecule has 1 N–H and O–H groups in total. The summed E-state index contributed by atoms with van der Waals surface area (Å²) in [5.41, 5.74) is 1.93. The number of carboxylic acid groups (broad SMARTS) is 1. The quantitative estimate of drug-likeness (QED) is 0.424. The smallest absolute Gasteiger partial charge is 0.371 e. The van der Waals surface area contributed by atoms with Gasteiger partial charge in [0.2, 0.25) is 5.76 Å². The number of nitrogens with zero attached hydrogens (tertiary/aromatic N) is 3. The van der Waals surface area contributed by atoms with E-state index >= 15 is 0 Å². The van der Waals surface area contributed by atoms with E-state index < -0.39 is 10.9 Å². The fourth-order valence-corrected chi connectivity index (χ4v) is 2.91. The number of non-ortho nitro benzene ring substituents is 1. The van der Waals surface area contributed by atoms with Crippen LogP contribution in [0.2, 0.25) is 0 Å². The Kier molecular flexibility index (Phi) is 3.92. The van der Waals surface area contributed by atoms with Gasteiger partial charge in [-0.3, -0.25) is 14.8 Å². The van der Waals surface area contributed by atoms with Crippen LogP contribution in [-0.2, 0) is 6.54 Å². The summed E-state index contributed by atoms with van der Waals surface area (Å²) >= 11 is 0. The maximum atomic E-state index is 11.2. The molecule has 0 atom stereocenters. The maximum Gasteiger partial charge on any atom is 0.371 e. The van der Waals surface area contributed by atoms with Crippen molar-refractivity contribution in [1.82, 2.24) is 9.78 Å². The molecule has 2 aromatic carbocycles. The zero-order chi connectivity index (χ0) is 19.0. The fraction of sp³-hybridized carbons (Fsp3) is 0.0526. The van der Waals surface area contributed by atoms with Gasteiger partial charge in [-0.05, 0) is 23.8 Å². The van der Waals surface area contributed by atoms with Crippen LogP contribution in [0.5, 0.6) is 0 Å². The lowest BCUT2D eigenvalue weighted by atomic mass is 10.1. The van der Waals surface area contributed by atoms with Gasteiger partial charge in [0.25, 0.3) is 5.69 Å². The molecular weight excluding hydrogens is 350 g/mol. The van der Waals surface area contributed by atoms with Gasteiger partial charge in [0.1, 0.15) is 5.69 Å². The molecule has 8 nitrogen and oxygen atoms in total. The van der Waals surface area contributed by atoms with Gasteiger partial charge in [-0.1, -0.05) is 30.3 Å². The molecule has 0 spiro atoms. The maximum absolute atomic E-state index is 11.2. The number of nitro benzene ring substituents is 1. The first-order valence-corrected chi connectivity index (χ1v) is 8.05. The van der Waals surface area contributed by atoms with Crippen molar-refractivity contribution in [2.75, 3.05) is 0 Å². The third-order valence-corrected chi connectivity index (χ3v) is 4.17. The minimum absolute atomic E-state index is 0.0473. The van der Waals surface area contributed by atoms with Crippen molar-refractivity contribution in [3.8, 4) is 11.5 Å². The molecule has 0 saturated carbocycles. The number of fused-ring (bicyclic) bond motifs is 1. The molecule has 134 valence electrons. The first kappa shape index (κ1) is 16.5. The molecule has 0 aliphatic carbocycles. The van der Waals surface area contributed by atoms with Gasteiger partial charge in [-0.2, -0.15) is 5.10 Å². The predicted octanol–water partition coefficient (Wildman–Crippen LogP) is 3.95. The third kappa shape index (κ3) is 3.04. The van der Waals surface area contributed by atoms with E-state index in [-0.39, 0.29) is 17.2 Å². The van der Waals surface area contributed by atoms with Crippen molar-refractivity contribution in [1.29, 1.82) is 0 Å². The van der Waals surface area contributed by atoms with Crippen LogP contribution in [0.25, 0.3) is 22.4 Å². The van der Waals surface area contributed by atoms with E-state index in [4.69, 9.17) is 9.52 Å². The van der Waals surface area contributed by atoms with Gasteiger partial charge in [-0.15, -0.1) is 0 Å². The Morgan fingerprint density at radius 2 is 1.93 bits per heavy atom. The van der Waals surface area contributed by atoms with Crippen molar-refractivity contribution in [3.63, 3.8) is 0 Å². The van der Waals surface area contributed by atoms with Crippen molar-refractivity contribution >= 4 is 22.6 Å². The Hall–Kier alpha value is -3.94. The fourth-order valence-electron chi connectivity index (χ4n) is 2.91. The number of nitro groups is 1. The molecule has 4 rings (SSSR count). The number of carboxylic acids is 1. The average molecular weight is 363 g/mol. The number of benzene rings is 2. The van der Waals surface area contributed by atoms with Crippen molar-refractivity contribution in [3.05, 3.63) is 82.1 Å². The Morgan fingerprint density at radius 3 is 2.59 bits per heavy atom. The second-order valence-electron chi connectivity index (χ2n) is 5.92. The molecule has 2 aromatic heterocycles. The summed E-state index contributed by atoms with van der Waals surface area (Å²) in [6.07, 6.45) is 0. The normalized spacial score (nSPS) is 11.0. The number of furan rings is 1. The predicted molar refractivity (Wildman–Crippen MR) is 96.6 cm³/mol. The molecule has 0 radical (unpaired) electrons. The average Bonchev–Trinajstić information content (AvgIpc) is 3.27. The van der Waals surface area contributed by atoms with E-state index in [1.807, 2.05) is 30.3 Å². The number of carbonyl (C=O) groups is 1. The Balaban J connectivity index is 1.88. The molecule has 0 aliphatic rings. The van der Waals surface area contributed by atoms with Crippen molar-refractivity contribution in [2.45, 2.75) is 6.54 Å². The molecule has 0 unspecified atom stereocenters. The largest absolute Gasteiger partial charge is 0.475 e. The van der Waals surface area contributed by atoms with Gasteiger partial charge in [0.15, 0.2) is 5.76 Å². The zero-order valence-corrected chi connectivity index (χ0v) is 13.9. The standard InChI is InChI=1S/C19H13N3O5/c23-19(24)17-9-8-16(27-17)18-14-7-6-13(22(25)26)10-15(14)21(20-18)11-12-4-2-1-3-5-12/h1-10H,11H2,(H,23,24). The van der Waals surface area contributed by atoms with Gasteiger partial charge in [0.05, 0.1) is 17.0 Å². The molecule has 0 bridgehead atoms. The van der Waals surface area contributed by atoms with E-state index in [9.17, 15) is 14.9 Å². The molecule has 0 fully saturated rings. The number of aromatic nitrogens is 2. The van der Waals surface area contributed by atoms with E-state index in [1.54, 1.807) is 10.7 Å². The summed E-state index contributed by atoms with van der Waals surface area (Å²) in [6.45, 7) is 0.408. The summed E-state index contributed by atoms with van der Waals surface area (Å²) in [7, 11) is 0. The Bertz CT molecular complexity index is 1160. The first-order chi connectivity index (χ1) is 13.0. The molecule has 27 heavy (non-hydrogen) atoms. The number of hydrogen-bond donors (Lipinski definition) is 1. The van der Waals surface area contributed by atoms with E-state index in [0.29, 0.717) is 23.1 Å². The van der Waals surface area contributed by atoms with Gasteiger partial charge >= 0.3 is 5.97 Å². The molecule has 4 aromatic rings. The monoisotopic (exact) mass is 363 g/mol. The van der Waals surface area contributed by atoms with Gasteiger partial charge in [0, 0.05) is 17.5 Å². The number of hydrogen-bond acceptors (Lipinski definition) is 5. The molecule has 2 heterocycles. The van der Waals surface area contributed by atoms with Crippen molar-refractivity contribution in [2.24, 2.45) is 0 Å². The van der Waals surface area contributed by atoms with Gasteiger partial charge < -0.3 is 9.52 Å². The molecule has 0 saturated heterocycles. The summed E-state index contributed by atoms with van der Waals surface area (Å²) in [5.74, 6) is -1.08. The minimum atomic E-state index is -1.18. The van der Waals surface area contributed by atoms with Crippen LogP contribution in [0, 0.1) is 10.1 Å². The summed E-state index contributed by atoms with van der Waals surface area (Å²) in [4.78, 5) is 21.8. The molecule has 0 aliphatic heterocycles. The highest BCUT2D eigenvalue weighted by molar-refractivity contribution is 5.94. The second kappa shape index (κ2) is 6.41. The van der Waals surface area contributed by atoms with Crippen LogP contribution in [0.15, 0.2) is 65.1 Å². The summed E-state index contributed by atoms with van der Waals surface area (Å²) in [6, 6.07) is 16.9. The topological polar surface area (TPSA) is 111 Å². The minimum Gasteiger partial charge on any atom is -0.475 e. The van der Waals surface area contributed by atoms with Crippen molar-refractivity contribution < 1.29 is 19.2 Å². The number of aromatic carboxylic acids is 1. The van der Waals surface area contributed by atoms with Gasteiger partial charge in [-0.25, -0.2) is 4.79 Å².